The van der Waals surface area contributed by atoms with Crippen LogP contribution in [0.25, 0.3) is 0 Å². The number of hydrogen-bond acceptors (Lipinski definition) is 3. The average molecular weight is 310 g/mol. The van der Waals surface area contributed by atoms with Gasteiger partial charge in [0, 0.05) is 12.7 Å². The molecule has 0 aromatic rings. The molecule has 0 bridgehead atoms. The lowest BCUT2D eigenvalue weighted by molar-refractivity contribution is -0.137. The highest BCUT2D eigenvalue weighted by atomic mass is 16.5. The van der Waals surface area contributed by atoms with Gasteiger partial charge < -0.3 is 9.47 Å². The number of cyclic esters (lactones) is 1. The first-order chi connectivity index (χ1) is 10.5. The lowest BCUT2D eigenvalue weighted by atomic mass is 9.99. The van der Waals surface area contributed by atoms with E-state index in [2.05, 4.69) is 13.8 Å². The molecule has 0 amide bonds. The minimum Gasteiger partial charge on any atom is -0.463 e. The van der Waals surface area contributed by atoms with Gasteiger partial charge in [-0.05, 0) is 52.9 Å². The molecule has 0 N–H and O–H groups in total. The molecule has 128 valence electrons. The van der Waals surface area contributed by atoms with Gasteiger partial charge >= 0.3 is 5.97 Å². The number of rotatable bonds is 0. The molecule has 0 saturated carbocycles. The van der Waals surface area contributed by atoms with Crippen LogP contribution < -0.4 is 0 Å². The lowest BCUT2D eigenvalue weighted by Crippen LogP contribution is -2.24. The van der Waals surface area contributed by atoms with Crippen molar-refractivity contribution < 1.29 is 14.3 Å². The summed E-state index contributed by atoms with van der Waals surface area (Å²) in [5.74, 6) is -0.186. The topological polar surface area (TPSA) is 35.5 Å². The maximum absolute atomic E-state index is 11.7. The summed E-state index contributed by atoms with van der Waals surface area (Å²) in [6.45, 7) is 7.77. The summed E-state index contributed by atoms with van der Waals surface area (Å²) in [4.78, 5) is 11.7. The predicted molar refractivity (Wildman–Crippen MR) is 90.9 cm³/mol. The van der Waals surface area contributed by atoms with Crippen LogP contribution in [0.3, 0.4) is 0 Å². The fraction of sp³-hybridized carbons (Fsp3) is 0.842. The van der Waals surface area contributed by atoms with Crippen molar-refractivity contribution in [3.63, 3.8) is 0 Å². The maximum atomic E-state index is 11.7. The molecule has 1 aliphatic heterocycles. The van der Waals surface area contributed by atoms with Crippen LogP contribution in [0.2, 0.25) is 0 Å². The molecule has 0 fully saturated rings. The molecule has 1 heterocycles. The van der Waals surface area contributed by atoms with Gasteiger partial charge in [0.25, 0.3) is 0 Å². The highest BCUT2D eigenvalue weighted by Crippen LogP contribution is 2.21. The first kappa shape index (κ1) is 19.2. The zero-order chi connectivity index (χ0) is 16.3. The maximum Gasteiger partial charge on any atom is 0.330 e. The Morgan fingerprint density at radius 1 is 0.909 bits per heavy atom. The first-order valence-corrected chi connectivity index (χ1v) is 8.97. The molecule has 0 spiro atoms. The molecular formula is C19H34O3. The Bertz CT molecular complexity index is 345. The van der Waals surface area contributed by atoms with Crippen molar-refractivity contribution in [3.05, 3.63) is 11.6 Å². The Hall–Kier alpha value is -0.830. The van der Waals surface area contributed by atoms with Crippen LogP contribution in [0, 0.1) is 0 Å². The summed E-state index contributed by atoms with van der Waals surface area (Å²) in [7, 11) is 0. The number of carbonyl (C=O) groups is 1. The molecule has 22 heavy (non-hydrogen) atoms. The summed E-state index contributed by atoms with van der Waals surface area (Å²) < 4.78 is 11.3. The molecule has 0 aromatic heterocycles. The highest BCUT2D eigenvalue weighted by Gasteiger charge is 2.17. The second-order valence-corrected chi connectivity index (χ2v) is 7.09. The van der Waals surface area contributed by atoms with E-state index in [1.54, 1.807) is 6.08 Å². The number of ether oxygens (including phenoxy) is 2. The normalized spacial score (nSPS) is 26.1. The molecular weight excluding hydrogens is 276 g/mol. The fourth-order valence-electron chi connectivity index (χ4n) is 2.79. The molecule has 0 atom stereocenters. The quantitative estimate of drug-likeness (QED) is 0.578. The summed E-state index contributed by atoms with van der Waals surface area (Å²) >= 11 is 0. The number of allylic oxidation sites excluding steroid dienone is 1. The molecule has 3 nitrogen and oxygen atoms in total. The first-order valence-electron chi connectivity index (χ1n) is 8.97. The van der Waals surface area contributed by atoms with Crippen LogP contribution in [-0.2, 0) is 14.3 Å². The van der Waals surface area contributed by atoms with Crippen LogP contribution in [0.4, 0.5) is 0 Å². The van der Waals surface area contributed by atoms with E-state index >= 15 is 0 Å². The van der Waals surface area contributed by atoms with Crippen LogP contribution in [-0.4, -0.2) is 24.8 Å². The fourth-order valence-corrected chi connectivity index (χ4v) is 2.79. The Kier molecular flexibility index (Phi) is 9.45. The van der Waals surface area contributed by atoms with Crippen molar-refractivity contribution in [2.45, 2.75) is 90.6 Å². The van der Waals surface area contributed by atoms with Crippen LogP contribution in [0.5, 0.6) is 0 Å². The zero-order valence-corrected chi connectivity index (χ0v) is 14.8. The molecule has 1 aliphatic rings. The third-order valence-corrected chi connectivity index (χ3v) is 4.24. The minimum absolute atomic E-state index is 0.0633. The molecule has 0 saturated heterocycles. The third kappa shape index (κ3) is 9.99. The van der Waals surface area contributed by atoms with Crippen molar-refractivity contribution in [1.29, 1.82) is 0 Å². The number of hydrogen-bond donors (Lipinski definition) is 0. The number of esters is 1. The Morgan fingerprint density at radius 2 is 1.50 bits per heavy atom. The molecule has 0 radical (unpaired) electrons. The second kappa shape index (κ2) is 10.8. The third-order valence-electron chi connectivity index (χ3n) is 4.24. The highest BCUT2D eigenvalue weighted by molar-refractivity contribution is 5.82. The van der Waals surface area contributed by atoms with E-state index in [4.69, 9.17) is 9.47 Å². The molecule has 0 aliphatic carbocycles. The SMILES string of the molecule is C/C1=C\C(=O)OCCCCCCCCCOC(C)(C)CCC1. The van der Waals surface area contributed by atoms with Gasteiger partial charge in [-0.1, -0.05) is 37.7 Å². The van der Waals surface area contributed by atoms with Gasteiger partial charge in [0.2, 0.25) is 0 Å². The molecule has 3 heteroatoms. The van der Waals surface area contributed by atoms with E-state index in [-0.39, 0.29) is 11.6 Å². The van der Waals surface area contributed by atoms with Crippen molar-refractivity contribution in [2.75, 3.05) is 13.2 Å². The summed E-state index contributed by atoms with van der Waals surface area (Å²) in [5.41, 5.74) is 1.04. The summed E-state index contributed by atoms with van der Waals surface area (Å²) in [6, 6.07) is 0. The Balaban J connectivity index is 2.45. The van der Waals surface area contributed by atoms with E-state index in [1.807, 2.05) is 6.92 Å². The predicted octanol–water partition coefficient (Wildman–Crippen LogP) is 5.19. The number of carbonyl (C=O) groups excluding carboxylic acids is 1. The van der Waals surface area contributed by atoms with E-state index in [0.717, 1.165) is 44.3 Å². The van der Waals surface area contributed by atoms with Crippen molar-refractivity contribution in [3.8, 4) is 0 Å². The van der Waals surface area contributed by atoms with Crippen LogP contribution >= 0.6 is 0 Å². The van der Waals surface area contributed by atoms with Crippen molar-refractivity contribution in [2.24, 2.45) is 0 Å². The van der Waals surface area contributed by atoms with Gasteiger partial charge in [0.05, 0.1) is 12.2 Å². The molecule has 0 unspecified atom stereocenters. The standard InChI is InChI=1S/C19H34O3/c1-17-12-11-13-19(2,3)22-15-10-8-6-4-5-7-9-14-21-18(20)16-17/h16H,4-15H2,1-3H3/b17-16+. The second-order valence-electron chi connectivity index (χ2n) is 7.09. The zero-order valence-electron chi connectivity index (χ0n) is 14.8. The largest absolute Gasteiger partial charge is 0.463 e. The van der Waals surface area contributed by atoms with Gasteiger partial charge in [-0.2, -0.15) is 0 Å². The van der Waals surface area contributed by atoms with E-state index in [0.29, 0.717) is 6.61 Å². The molecule has 0 aromatic carbocycles. The van der Waals surface area contributed by atoms with E-state index in [9.17, 15) is 4.79 Å². The van der Waals surface area contributed by atoms with Crippen LogP contribution in [0.15, 0.2) is 11.6 Å². The average Bonchev–Trinajstić information content (AvgIpc) is 2.43. The van der Waals surface area contributed by atoms with Crippen LogP contribution in [0.1, 0.15) is 85.0 Å². The lowest BCUT2D eigenvalue weighted by Gasteiger charge is -2.25. The smallest absolute Gasteiger partial charge is 0.330 e. The van der Waals surface area contributed by atoms with Crippen molar-refractivity contribution in [1.82, 2.24) is 0 Å². The summed E-state index contributed by atoms with van der Waals surface area (Å²) in [6.07, 6.45) is 13.0. The minimum atomic E-state index is -0.186. The van der Waals surface area contributed by atoms with Gasteiger partial charge in [0.15, 0.2) is 0 Å². The van der Waals surface area contributed by atoms with Crippen molar-refractivity contribution >= 4 is 5.97 Å². The van der Waals surface area contributed by atoms with E-state index < -0.39 is 0 Å². The van der Waals surface area contributed by atoms with Gasteiger partial charge in [-0.25, -0.2) is 4.79 Å². The van der Waals surface area contributed by atoms with Gasteiger partial charge in [0.1, 0.15) is 0 Å². The monoisotopic (exact) mass is 310 g/mol. The van der Waals surface area contributed by atoms with Gasteiger partial charge in [-0.15, -0.1) is 0 Å². The Morgan fingerprint density at radius 3 is 2.18 bits per heavy atom. The van der Waals surface area contributed by atoms with Gasteiger partial charge in [-0.3, -0.25) is 0 Å². The summed E-state index contributed by atoms with van der Waals surface area (Å²) in [5, 5.41) is 0. The molecule has 1 rings (SSSR count). The van der Waals surface area contributed by atoms with E-state index in [1.165, 1.54) is 32.1 Å². The Labute approximate surface area is 136 Å².